The van der Waals surface area contributed by atoms with E-state index in [1.165, 1.54) is 5.69 Å². The number of nitrogens with zero attached hydrogens (tertiary/aromatic N) is 2. The van der Waals surface area contributed by atoms with Crippen LogP contribution in [0.5, 0.6) is 0 Å². The first-order valence-electron chi connectivity index (χ1n) is 4.70. The van der Waals surface area contributed by atoms with E-state index in [2.05, 4.69) is 12.0 Å². The Morgan fingerprint density at radius 2 is 2.21 bits per heavy atom. The third-order valence-corrected chi connectivity index (χ3v) is 2.20. The lowest BCUT2D eigenvalue weighted by molar-refractivity contribution is 0.814. The van der Waals surface area contributed by atoms with Gasteiger partial charge in [0, 0.05) is 17.6 Å². The first kappa shape index (κ1) is 8.81. The molecule has 3 heteroatoms. The zero-order valence-corrected chi connectivity index (χ0v) is 8.14. The fourth-order valence-corrected chi connectivity index (χ4v) is 1.49. The van der Waals surface area contributed by atoms with Crippen LogP contribution in [-0.4, -0.2) is 9.78 Å². The SMILES string of the molecule is CCc1ccnn1-c1cccc(N)c1. The Morgan fingerprint density at radius 3 is 2.93 bits per heavy atom. The Hall–Kier alpha value is -1.77. The summed E-state index contributed by atoms with van der Waals surface area (Å²) in [4.78, 5) is 0. The molecule has 1 aromatic heterocycles. The molecule has 0 aliphatic rings. The molecular weight excluding hydrogens is 174 g/mol. The monoisotopic (exact) mass is 187 g/mol. The summed E-state index contributed by atoms with van der Waals surface area (Å²) in [6.07, 6.45) is 2.77. The molecule has 2 N–H and O–H groups in total. The van der Waals surface area contributed by atoms with Crippen LogP contribution in [0.2, 0.25) is 0 Å². The van der Waals surface area contributed by atoms with E-state index in [0.29, 0.717) is 0 Å². The first-order chi connectivity index (χ1) is 6.81. The number of benzene rings is 1. The van der Waals surface area contributed by atoms with Crippen molar-refractivity contribution in [3.8, 4) is 5.69 Å². The Balaban J connectivity index is 2.49. The van der Waals surface area contributed by atoms with Gasteiger partial charge >= 0.3 is 0 Å². The van der Waals surface area contributed by atoms with Gasteiger partial charge in [-0.1, -0.05) is 13.0 Å². The lowest BCUT2D eigenvalue weighted by atomic mass is 10.2. The molecule has 2 aromatic rings. The van der Waals surface area contributed by atoms with Crippen molar-refractivity contribution >= 4 is 5.69 Å². The summed E-state index contributed by atoms with van der Waals surface area (Å²) in [7, 11) is 0. The fraction of sp³-hybridized carbons (Fsp3) is 0.182. The second-order valence-corrected chi connectivity index (χ2v) is 3.18. The van der Waals surface area contributed by atoms with Crippen LogP contribution in [0.4, 0.5) is 5.69 Å². The Labute approximate surface area is 83.2 Å². The van der Waals surface area contributed by atoms with Crippen LogP contribution in [-0.2, 0) is 6.42 Å². The van der Waals surface area contributed by atoms with Crippen molar-refractivity contribution in [1.82, 2.24) is 9.78 Å². The van der Waals surface area contributed by atoms with Gasteiger partial charge in [0.1, 0.15) is 0 Å². The minimum Gasteiger partial charge on any atom is -0.399 e. The smallest absolute Gasteiger partial charge is 0.0669 e. The normalized spacial score (nSPS) is 10.4. The predicted octanol–water partition coefficient (Wildman–Crippen LogP) is 2.02. The largest absolute Gasteiger partial charge is 0.399 e. The van der Waals surface area contributed by atoms with E-state index in [9.17, 15) is 0 Å². The summed E-state index contributed by atoms with van der Waals surface area (Å²) >= 11 is 0. The molecule has 1 aromatic carbocycles. The molecular formula is C11H13N3. The van der Waals surface area contributed by atoms with Crippen LogP contribution in [0.1, 0.15) is 12.6 Å². The molecule has 2 rings (SSSR count). The van der Waals surface area contributed by atoms with Gasteiger partial charge in [-0.25, -0.2) is 4.68 Å². The van der Waals surface area contributed by atoms with E-state index >= 15 is 0 Å². The van der Waals surface area contributed by atoms with Crippen molar-refractivity contribution in [2.24, 2.45) is 0 Å². The number of hydrogen-bond donors (Lipinski definition) is 1. The molecule has 0 spiro atoms. The molecule has 0 radical (unpaired) electrons. The number of hydrogen-bond acceptors (Lipinski definition) is 2. The molecule has 0 saturated carbocycles. The van der Waals surface area contributed by atoms with Gasteiger partial charge in [0.2, 0.25) is 0 Å². The van der Waals surface area contributed by atoms with Gasteiger partial charge in [-0.2, -0.15) is 5.10 Å². The standard InChI is InChI=1S/C11H13N3/c1-2-10-6-7-13-14(10)11-5-3-4-9(12)8-11/h3-8H,2,12H2,1H3. The van der Waals surface area contributed by atoms with Crippen molar-refractivity contribution in [3.05, 3.63) is 42.2 Å². The van der Waals surface area contributed by atoms with Crippen LogP contribution < -0.4 is 5.73 Å². The Morgan fingerprint density at radius 1 is 1.36 bits per heavy atom. The molecule has 0 amide bonds. The van der Waals surface area contributed by atoms with Crippen molar-refractivity contribution in [1.29, 1.82) is 0 Å². The molecule has 72 valence electrons. The first-order valence-corrected chi connectivity index (χ1v) is 4.70. The van der Waals surface area contributed by atoms with E-state index in [1.807, 2.05) is 41.2 Å². The zero-order chi connectivity index (χ0) is 9.97. The molecule has 3 nitrogen and oxygen atoms in total. The summed E-state index contributed by atoms with van der Waals surface area (Å²) in [6.45, 7) is 2.11. The van der Waals surface area contributed by atoms with Crippen LogP contribution in [0.15, 0.2) is 36.5 Å². The maximum absolute atomic E-state index is 5.72. The van der Waals surface area contributed by atoms with E-state index in [4.69, 9.17) is 5.73 Å². The van der Waals surface area contributed by atoms with Crippen molar-refractivity contribution < 1.29 is 0 Å². The average molecular weight is 187 g/mol. The molecule has 0 saturated heterocycles. The highest BCUT2D eigenvalue weighted by atomic mass is 15.3. The van der Waals surface area contributed by atoms with Gasteiger partial charge < -0.3 is 5.73 Å². The number of anilines is 1. The molecule has 0 atom stereocenters. The molecule has 1 heterocycles. The van der Waals surface area contributed by atoms with Crippen LogP contribution in [0.25, 0.3) is 5.69 Å². The van der Waals surface area contributed by atoms with Crippen molar-refractivity contribution in [2.45, 2.75) is 13.3 Å². The quantitative estimate of drug-likeness (QED) is 0.731. The van der Waals surface area contributed by atoms with Crippen LogP contribution >= 0.6 is 0 Å². The summed E-state index contributed by atoms with van der Waals surface area (Å²) in [6, 6.07) is 9.75. The van der Waals surface area contributed by atoms with E-state index < -0.39 is 0 Å². The highest BCUT2D eigenvalue weighted by Gasteiger charge is 2.02. The number of nitrogens with two attached hydrogens (primary N) is 1. The van der Waals surface area contributed by atoms with E-state index in [0.717, 1.165) is 17.8 Å². The minimum atomic E-state index is 0.764. The highest BCUT2D eigenvalue weighted by molar-refractivity contribution is 5.47. The summed E-state index contributed by atoms with van der Waals surface area (Å²) in [5, 5.41) is 4.26. The minimum absolute atomic E-state index is 0.764. The average Bonchev–Trinajstić information content (AvgIpc) is 2.65. The van der Waals surface area contributed by atoms with Gasteiger partial charge in [-0.3, -0.25) is 0 Å². The molecule has 0 aliphatic heterocycles. The van der Waals surface area contributed by atoms with E-state index in [1.54, 1.807) is 0 Å². The Bertz CT molecular complexity index is 432. The number of nitrogen functional groups attached to an aromatic ring is 1. The van der Waals surface area contributed by atoms with Gasteiger partial charge in [0.25, 0.3) is 0 Å². The lowest BCUT2D eigenvalue weighted by Crippen LogP contribution is -2.01. The highest BCUT2D eigenvalue weighted by Crippen LogP contribution is 2.13. The fourth-order valence-electron chi connectivity index (χ4n) is 1.49. The molecule has 0 bridgehead atoms. The second-order valence-electron chi connectivity index (χ2n) is 3.18. The predicted molar refractivity (Wildman–Crippen MR) is 57.4 cm³/mol. The molecule has 0 fully saturated rings. The van der Waals surface area contributed by atoms with E-state index in [-0.39, 0.29) is 0 Å². The van der Waals surface area contributed by atoms with Gasteiger partial charge in [-0.05, 0) is 30.7 Å². The van der Waals surface area contributed by atoms with Gasteiger partial charge in [0.15, 0.2) is 0 Å². The number of aryl methyl sites for hydroxylation is 1. The second kappa shape index (κ2) is 3.54. The summed E-state index contributed by atoms with van der Waals surface area (Å²) < 4.78 is 1.91. The number of rotatable bonds is 2. The third-order valence-electron chi connectivity index (χ3n) is 2.20. The van der Waals surface area contributed by atoms with Gasteiger partial charge in [-0.15, -0.1) is 0 Å². The maximum atomic E-state index is 5.72. The molecule has 0 aliphatic carbocycles. The lowest BCUT2D eigenvalue weighted by Gasteiger charge is -2.05. The topological polar surface area (TPSA) is 43.8 Å². The maximum Gasteiger partial charge on any atom is 0.0669 e. The van der Waals surface area contributed by atoms with Crippen LogP contribution in [0.3, 0.4) is 0 Å². The third kappa shape index (κ3) is 1.48. The van der Waals surface area contributed by atoms with Crippen molar-refractivity contribution in [2.75, 3.05) is 5.73 Å². The molecule has 14 heavy (non-hydrogen) atoms. The number of aromatic nitrogens is 2. The summed E-state index contributed by atoms with van der Waals surface area (Å²) in [5.41, 5.74) is 8.69. The molecule has 0 unspecified atom stereocenters. The zero-order valence-electron chi connectivity index (χ0n) is 8.14. The van der Waals surface area contributed by atoms with Crippen LogP contribution in [0, 0.1) is 0 Å². The summed E-state index contributed by atoms with van der Waals surface area (Å²) in [5.74, 6) is 0. The van der Waals surface area contributed by atoms with Gasteiger partial charge in [0.05, 0.1) is 5.69 Å². The Kier molecular flexibility index (Phi) is 2.23. The van der Waals surface area contributed by atoms with Crippen molar-refractivity contribution in [3.63, 3.8) is 0 Å².